The molecular formula is C28H25OP. The Balaban J connectivity index is 1.71. The van der Waals surface area contributed by atoms with Crippen molar-refractivity contribution in [3.05, 3.63) is 126 Å². The van der Waals surface area contributed by atoms with Crippen LogP contribution < -0.4 is 15.9 Å². The van der Waals surface area contributed by atoms with Crippen molar-refractivity contribution < 1.29 is 5.11 Å². The minimum absolute atomic E-state index is 0.0172. The van der Waals surface area contributed by atoms with E-state index in [1.54, 1.807) is 0 Å². The van der Waals surface area contributed by atoms with Crippen LogP contribution in [0.25, 0.3) is 0 Å². The first-order valence-corrected chi connectivity index (χ1v) is 11.9. The number of hydrogen-bond acceptors (Lipinski definition) is 1. The van der Waals surface area contributed by atoms with Gasteiger partial charge in [0.1, 0.15) is 0 Å². The molecule has 4 aromatic rings. The maximum absolute atomic E-state index is 11.1. The molecule has 0 saturated carbocycles. The zero-order valence-electron chi connectivity index (χ0n) is 16.9. The molecule has 2 atom stereocenters. The lowest BCUT2D eigenvalue weighted by molar-refractivity contribution is 0.140. The van der Waals surface area contributed by atoms with Crippen molar-refractivity contribution in [1.29, 1.82) is 0 Å². The van der Waals surface area contributed by atoms with Gasteiger partial charge in [0.05, 0.1) is 6.10 Å². The van der Waals surface area contributed by atoms with E-state index in [4.69, 9.17) is 0 Å². The second kappa shape index (κ2) is 8.56. The predicted molar refractivity (Wildman–Crippen MR) is 128 cm³/mol. The molecule has 30 heavy (non-hydrogen) atoms. The molecular weight excluding hydrogens is 383 g/mol. The third kappa shape index (κ3) is 3.60. The molecule has 1 aliphatic rings. The summed E-state index contributed by atoms with van der Waals surface area (Å²) in [5.41, 5.74) is 3.90. The Bertz CT molecular complexity index is 1080. The number of aryl methyl sites for hydroxylation is 1. The third-order valence-corrected chi connectivity index (χ3v) is 8.54. The van der Waals surface area contributed by atoms with Crippen LogP contribution in [0.1, 0.15) is 29.0 Å². The summed E-state index contributed by atoms with van der Waals surface area (Å²) >= 11 is 0. The minimum Gasteiger partial charge on any atom is -0.392 e. The van der Waals surface area contributed by atoms with E-state index in [0.717, 1.165) is 12.8 Å². The fraction of sp³-hybridized carbons (Fsp3) is 0.143. The predicted octanol–water partition coefficient (Wildman–Crippen LogP) is 4.88. The van der Waals surface area contributed by atoms with E-state index >= 15 is 0 Å². The topological polar surface area (TPSA) is 20.2 Å². The van der Waals surface area contributed by atoms with Crippen molar-refractivity contribution in [1.82, 2.24) is 0 Å². The third-order valence-electron chi connectivity index (χ3n) is 6.03. The summed E-state index contributed by atoms with van der Waals surface area (Å²) in [7, 11) is -0.711. The maximum Gasteiger partial charge on any atom is 0.0652 e. The minimum atomic E-state index is -0.711. The Morgan fingerprint density at radius 1 is 0.600 bits per heavy atom. The standard InChI is InChI=1S/C28H25OP/c29-26-20-19-21-11-7-8-16-24(21)28(26)25-17-9-10-18-27(25)30(22-12-3-1-4-13-22)23-14-5-2-6-15-23/h1-18,26,28-29H,19-20H2/t26-,28+/m0/s1. The zero-order valence-corrected chi connectivity index (χ0v) is 17.8. The van der Waals surface area contributed by atoms with Crippen molar-refractivity contribution in [3.63, 3.8) is 0 Å². The largest absolute Gasteiger partial charge is 0.392 e. The van der Waals surface area contributed by atoms with Gasteiger partial charge in [0, 0.05) is 5.92 Å². The highest BCUT2D eigenvalue weighted by Gasteiger charge is 2.32. The van der Waals surface area contributed by atoms with Crippen molar-refractivity contribution in [2.24, 2.45) is 0 Å². The van der Waals surface area contributed by atoms with Gasteiger partial charge in [-0.25, -0.2) is 0 Å². The Morgan fingerprint density at radius 2 is 1.13 bits per heavy atom. The van der Waals surface area contributed by atoms with Gasteiger partial charge in [-0.3, -0.25) is 0 Å². The van der Waals surface area contributed by atoms with Gasteiger partial charge in [-0.1, -0.05) is 109 Å². The molecule has 5 rings (SSSR count). The van der Waals surface area contributed by atoms with Gasteiger partial charge in [-0.15, -0.1) is 0 Å². The Labute approximate surface area is 179 Å². The molecule has 0 unspecified atom stereocenters. The lowest BCUT2D eigenvalue weighted by atomic mass is 9.77. The molecule has 1 N–H and O–H groups in total. The summed E-state index contributed by atoms with van der Waals surface area (Å²) in [6.45, 7) is 0. The van der Waals surface area contributed by atoms with Crippen LogP contribution in [0.15, 0.2) is 109 Å². The van der Waals surface area contributed by atoms with E-state index in [9.17, 15) is 5.11 Å². The monoisotopic (exact) mass is 408 g/mol. The molecule has 0 heterocycles. The van der Waals surface area contributed by atoms with Gasteiger partial charge in [0.25, 0.3) is 0 Å². The molecule has 0 spiro atoms. The quantitative estimate of drug-likeness (QED) is 0.477. The highest BCUT2D eigenvalue weighted by atomic mass is 31.1. The second-order valence-corrected chi connectivity index (χ2v) is 10.0. The lowest BCUT2D eigenvalue weighted by Crippen LogP contribution is -2.31. The average Bonchev–Trinajstić information content (AvgIpc) is 2.81. The molecule has 0 amide bonds. The number of hydrogen-bond donors (Lipinski definition) is 1. The van der Waals surface area contributed by atoms with Crippen molar-refractivity contribution >= 4 is 23.8 Å². The molecule has 4 aromatic carbocycles. The van der Waals surface area contributed by atoms with E-state index < -0.39 is 7.92 Å². The second-order valence-electron chi connectivity index (χ2n) is 7.85. The molecule has 1 nitrogen and oxygen atoms in total. The Kier molecular flexibility index (Phi) is 5.49. The smallest absolute Gasteiger partial charge is 0.0652 e. The number of aliphatic hydroxyl groups is 1. The lowest BCUT2D eigenvalue weighted by Gasteiger charge is -2.33. The van der Waals surface area contributed by atoms with Crippen LogP contribution in [0.5, 0.6) is 0 Å². The summed E-state index contributed by atoms with van der Waals surface area (Å²) in [5.74, 6) is 0.0172. The van der Waals surface area contributed by atoms with E-state index in [2.05, 4.69) is 109 Å². The van der Waals surface area contributed by atoms with Crippen LogP contribution in [-0.4, -0.2) is 11.2 Å². The molecule has 2 heteroatoms. The number of aliphatic hydroxyl groups excluding tert-OH is 1. The molecule has 0 saturated heterocycles. The van der Waals surface area contributed by atoms with Crippen LogP contribution in [0.2, 0.25) is 0 Å². The first kappa shape index (κ1) is 19.2. The van der Waals surface area contributed by atoms with E-state index in [1.165, 1.54) is 32.6 Å². The van der Waals surface area contributed by atoms with E-state index in [0.29, 0.717) is 0 Å². The number of benzene rings is 4. The van der Waals surface area contributed by atoms with Gasteiger partial charge < -0.3 is 5.11 Å². The fourth-order valence-corrected chi connectivity index (χ4v) is 7.15. The summed E-state index contributed by atoms with van der Waals surface area (Å²) in [6.07, 6.45) is 1.40. The molecule has 148 valence electrons. The first-order chi connectivity index (χ1) is 14.8. The first-order valence-electron chi connectivity index (χ1n) is 10.6. The van der Waals surface area contributed by atoms with Gasteiger partial charge in [0.15, 0.2) is 0 Å². The van der Waals surface area contributed by atoms with Crippen molar-refractivity contribution in [2.45, 2.75) is 24.9 Å². The van der Waals surface area contributed by atoms with Crippen LogP contribution in [-0.2, 0) is 6.42 Å². The van der Waals surface area contributed by atoms with Gasteiger partial charge in [-0.2, -0.15) is 0 Å². The van der Waals surface area contributed by atoms with Crippen molar-refractivity contribution in [3.8, 4) is 0 Å². The summed E-state index contributed by atoms with van der Waals surface area (Å²) in [5, 5.41) is 15.1. The maximum atomic E-state index is 11.1. The fourth-order valence-electron chi connectivity index (χ4n) is 4.65. The van der Waals surface area contributed by atoms with Crippen LogP contribution >= 0.6 is 7.92 Å². The van der Waals surface area contributed by atoms with Gasteiger partial charge >= 0.3 is 0 Å². The van der Waals surface area contributed by atoms with E-state index in [-0.39, 0.29) is 12.0 Å². The van der Waals surface area contributed by atoms with E-state index in [1.807, 2.05) is 0 Å². The highest BCUT2D eigenvalue weighted by molar-refractivity contribution is 7.79. The normalized spacial score (nSPS) is 18.2. The molecule has 0 aliphatic heterocycles. The molecule has 0 bridgehead atoms. The Hall–Kier alpha value is -2.73. The highest BCUT2D eigenvalue weighted by Crippen LogP contribution is 2.41. The van der Waals surface area contributed by atoms with Gasteiger partial charge in [0.2, 0.25) is 0 Å². The summed E-state index contributed by atoms with van der Waals surface area (Å²) in [4.78, 5) is 0. The Morgan fingerprint density at radius 3 is 1.80 bits per heavy atom. The summed E-state index contributed by atoms with van der Waals surface area (Å²) < 4.78 is 0. The van der Waals surface area contributed by atoms with Gasteiger partial charge in [-0.05, 0) is 53.4 Å². The SMILES string of the molecule is O[C@H]1CCc2ccccc2[C@@H]1c1ccccc1P(c1ccccc1)c1ccccc1. The number of rotatable bonds is 4. The molecule has 0 radical (unpaired) electrons. The van der Waals surface area contributed by atoms with Crippen LogP contribution in [0.3, 0.4) is 0 Å². The summed E-state index contributed by atoms with van der Waals surface area (Å²) in [6, 6.07) is 39.0. The average molecular weight is 408 g/mol. The molecule has 0 aromatic heterocycles. The van der Waals surface area contributed by atoms with Crippen molar-refractivity contribution in [2.75, 3.05) is 0 Å². The zero-order chi connectivity index (χ0) is 20.3. The molecule has 1 aliphatic carbocycles. The van der Waals surface area contributed by atoms with Crippen LogP contribution in [0.4, 0.5) is 0 Å². The van der Waals surface area contributed by atoms with Crippen LogP contribution in [0, 0.1) is 0 Å². The molecule has 0 fully saturated rings. The number of fused-ring (bicyclic) bond motifs is 1.